The van der Waals surface area contributed by atoms with Crippen LogP contribution in [0.25, 0.3) is 0 Å². The molecule has 0 bridgehead atoms. The van der Waals surface area contributed by atoms with Gasteiger partial charge in [0.15, 0.2) is 0 Å². The van der Waals surface area contributed by atoms with E-state index in [-0.39, 0.29) is 6.04 Å². The minimum absolute atomic E-state index is 0.232. The van der Waals surface area contributed by atoms with Gasteiger partial charge in [0.1, 0.15) is 0 Å². The molecule has 0 aliphatic heterocycles. The van der Waals surface area contributed by atoms with Gasteiger partial charge in [-0.05, 0) is 43.5 Å². The minimum atomic E-state index is -4.29. The number of hydrogen-bond acceptors (Lipinski definition) is 2. The highest BCUT2D eigenvalue weighted by molar-refractivity contribution is 5.26. The van der Waals surface area contributed by atoms with E-state index in [0.717, 1.165) is 43.6 Å². The molecule has 1 saturated carbocycles. The molecule has 1 unspecified atom stereocenters. The molecule has 1 fully saturated rings. The molecule has 2 rings (SSSR count). The third kappa shape index (κ3) is 4.71. The Kier molecular flexibility index (Phi) is 5.27. The molecular formula is C16H23F3N2. The number of benzene rings is 1. The molecule has 1 atom stereocenters. The number of halogens is 3. The molecule has 5 heteroatoms. The fourth-order valence-corrected chi connectivity index (χ4v) is 2.50. The highest BCUT2D eigenvalue weighted by atomic mass is 19.4. The molecule has 0 amide bonds. The zero-order chi connectivity index (χ0) is 15.5. The minimum Gasteiger partial charge on any atom is -0.323 e. The van der Waals surface area contributed by atoms with E-state index in [1.165, 1.54) is 25.0 Å². The second-order valence-electron chi connectivity index (χ2n) is 5.81. The average molecular weight is 300 g/mol. The van der Waals surface area contributed by atoms with Crippen molar-refractivity contribution < 1.29 is 13.2 Å². The van der Waals surface area contributed by atoms with Crippen molar-refractivity contribution in [3.05, 3.63) is 35.4 Å². The van der Waals surface area contributed by atoms with E-state index in [4.69, 9.17) is 5.73 Å². The van der Waals surface area contributed by atoms with E-state index in [9.17, 15) is 13.2 Å². The van der Waals surface area contributed by atoms with Crippen molar-refractivity contribution in [2.45, 2.75) is 50.9 Å². The summed E-state index contributed by atoms with van der Waals surface area (Å²) >= 11 is 0. The number of rotatable bonds is 7. The number of nitrogens with zero attached hydrogens (tertiary/aromatic N) is 1. The average Bonchev–Trinajstić information content (AvgIpc) is 3.27. The van der Waals surface area contributed by atoms with Gasteiger partial charge in [0.2, 0.25) is 0 Å². The Morgan fingerprint density at radius 3 is 2.33 bits per heavy atom. The lowest BCUT2D eigenvalue weighted by atomic mass is 10.0. The van der Waals surface area contributed by atoms with Gasteiger partial charge in [-0.2, -0.15) is 13.2 Å². The van der Waals surface area contributed by atoms with Crippen LogP contribution in [-0.2, 0) is 6.18 Å². The standard InChI is InChI=1S/C16H23F3N2/c1-2-3-10-21(14-8-9-14)11-15(20)12-4-6-13(7-5-12)16(17,18)19/h4-7,14-15H,2-3,8-11,20H2,1H3. The van der Waals surface area contributed by atoms with Gasteiger partial charge in [0.05, 0.1) is 5.56 Å². The van der Waals surface area contributed by atoms with Crippen LogP contribution in [0.5, 0.6) is 0 Å². The number of nitrogens with two attached hydrogens (primary N) is 1. The van der Waals surface area contributed by atoms with Gasteiger partial charge in [0, 0.05) is 18.6 Å². The Morgan fingerprint density at radius 2 is 1.86 bits per heavy atom. The summed E-state index contributed by atoms with van der Waals surface area (Å²) in [5.74, 6) is 0. The number of unbranched alkanes of at least 4 members (excludes halogenated alkanes) is 1. The summed E-state index contributed by atoms with van der Waals surface area (Å²) in [7, 11) is 0. The third-order valence-electron chi connectivity index (χ3n) is 3.96. The van der Waals surface area contributed by atoms with Crippen LogP contribution in [0.1, 0.15) is 49.8 Å². The lowest BCUT2D eigenvalue weighted by Crippen LogP contribution is -2.34. The Labute approximate surface area is 124 Å². The highest BCUT2D eigenvalue weighted by Crippen LogP contribution is 2.31. The highest BCUT2D eigenvalue weighted by Gasteiger charge is 2.31. The van der Waals surface area contributed by atoms with Gasteiger partial charge in [0.25, 0.3) is 0 Å². The monoisotopic (exact) mass is 300 g/mol. The van der Waals surface area contributed by atoms with Crippen LogP contribution in [0.2, 0.25) is 0 Å². The predicted molar refractivity (Wildman–Crippen MR) is 77.9 cm³/mol. The third-order valence-corrected chi connectivity index (χ3v) is 3.96. The summed E-state index contributed by atoms with van der Waals surface area (Å²) in [6.45, 7) is 3.90. The Morgan fingerprint density at radius 1 is 1.24 bits per heavy atom. The lowest BCUT2D eigenvalue weighted by Gasteiger charge is -2.25. The van der Waals surface area contributed by atoms with Crippen molar-refractivity contribution in [2.75, 3.05) is 13.1 Å². The molecular weight excluding hydrogens is 277 g/mol. The molecule has 0 heterocycles. The maximum Gasteiger partial charge on any atom is 0.416 e. The van der Waals surface area contributed by atoms with Crippen LogP contribution in [0.4, 0.5) is 13.2 Å². The summed E-state index contributed by atoms with van der Waals surface area (Å²) in [6.07, 6.45) is 0.408. The van der Waals surface area contributed by atoms with Crippen molar-refractivity contribution in [1.29, 1.82) is 0 Å². The number of hydrogen-bond donors (Lipinski definition) is 1. The largest absolute Gasteiger partial charge is 0.416 e. The summed E-state index contributed by atoms with van der Waals surface area (Å²) in [5, 5.41) is 0. The fraction of sp³-hybridized carbons (Fsp3) is 0.625. The van der Waals surface area contributed by atoms with Crippen LogP contribution >= 0.6 is 0 Å². The molecule has 21 heavy (non-hydrogen) atoms. The molecule has 2 N–H and O–H groups in total. The summed E-state index contributed by atoms with van der Waals surface area (Å²) < 4.78 is 37.6. The molecule has 0 saturated heterocycles. The quantitative estimate of drug-likeness (QED) is 0.825. The van der Waals surface area contributed by atoms with Crippen molar-refractivity contribution in [3.63, 3.8) is 0 Å². The predicted octanol–water partition coefficient (Wildman–Crippen LogP) is 3.97. The van der Waals surface area contributed by atoms with Crippen LogP contribution in [0.15, 0.2) is 24.3 Å². The summed E-state index contributed by atoms with van der Waals surface area (Å²) in [5.41, 5.74) is 6.32. The van der Waals surface area contributed by atoms with Crippen molar-refractivity contribution in [1.82, 2.24) is 4.90 Å². The van der Waals surface area contributed by atoms with Crippen LogP contribution < -0.4 is 5.73 Å². The lowest BCUT2D eigenvalue weighted by molar-refractivity contribution is -0.137. The molecule has 1 aliphatic rings. The van der Waals surface area contributed by atoms with E-state index in [1.807, 2.05) is 0 Å². The summed E-state index contributed by atoms with van der Waals surface area (Å²) in [6, 6.07) is 5.61. The first-order valence-corrected chi connectivity index (χ1v) is 7.58. The smallest absolute Gasteiger partial charge is 0.323 e. The van der Waals surface area contributed by atoms with E-state index in [1.54, 1.807) is 0 Å². The first-order chi connectivity index (χ1) is 9.91. The Balaban J connectivity index is 1.96. The molecule has 1 aliphatic carbocycles. The fourth-order valence-electron chi connectivity index (χ4n) is 2.50. The maximum absolute atomic E-state index is 12.5. The second-order valence-corrected chi connectivity index (χ2v) is 5.81. The first kappa shape index (κ1) is 16.3. The van der Waals surface area contributed by atoms with Gasteiger partial charge in [-0.15, -0.1) is 0 Å². The molecule has 118 valence electrons. The zero-order valence-electron chi connectivity index (χ0n) is 12.4. The molecule has 0 spiro atoms. The van der Waals surface area contributed by atoms with E-state index >= 15 is 0 Å². The summed E-state index contributed by atoms with van der Waals surface area (Å²) in [4.78, 5) is 2.38. The van der Waals surface area contributed by atoms with E-state index in [0.29, 0.717) is 6.04 Å². The van der Waals surface area contributed by atoms with Crippen LogP contribution in [-0.4, -0.2) is 24.0 Å². The van der Waals surface area contributed by atoms with Gasteiger partial charge in [-0.25, -0.2) is 0 Å². The molecule has 1 aromatic rings. The number of alkyl halides is 3. The van der Waals surface area contributed by atoms with Gasteiger partial charge < -0.3 is 5.73 Å². The molecule has 0 radical (unpaired) electrons. The SMILES string of the molecule is CCCCN(CC(N)c1ccc(C(F)(F)F)cc1)C1CC1. The molecule has 1 aromatic carbocycles. The van der Waals surface area contributed by atoms with Gasteiger partial charge in [-0.3, -0.25) is 4.90 Å². The van der Waals surface area contributed by atoms with Crippen LogP contribution in [0, 0.1) is 0 Å². The topological polar surface area (TPSA) is 29.3 Å². The Hall–Kier alpha value is -1.07. The van der Waals surface area contributed by atoms with Crippen LogP contribution in [0.3, 0.4) is 0 Å². The van der Waals surface area contributed by atoms with E-state index in [2.05, 4.69) is 11.8 Å². The van der Waals surface area contributed by atoms with Crippen molar-refractivity contribution in [3.8, 4) is 0 Å². The zero-order valence-corrected chi connectivity index (χ0v) is 12.4. The van der Waals surface area contributed by atoms with Gasteiger partial charge >= 0.3 is 6.18 Å². The first-order valence-electron chi connectivity index (χ1n) is 7.58. The Bertz CT molecular complexity index is 438. The van der Waals surface area contributed by atoms with E-state index < -0.39 is 11.7 Å². The maximum atomic E-state index is 12.5. The molecule has 0 aromatic heterocycles. The molecule has 2 nitrogen and oxygen atoms in total. The van der Waals surface area contributed by atoms with Crippen molar-refractivity contribution in [2.24, 2.45) is 5.73 Å². The second kappa shape index (κ2) is 6.79. The van der Waals surface area contributed by atoms with Gasteiger partial charge in [-0.1, -0.05) is 25.5 Å². The normalized spacial score (nSPS) is 17.2. The van der Waals surface area contributed by atoms with Crippen molar-refractivity contribution >= 4 is 0 Å².